The summed E-state index contributed by atoms with van der Waals surface area (Å²) < 4.78 is 0. The number of rotatable bonds is 4. The van der Waals surface area contributed by atoms with Crippen molar-refractivity contribution in [2.24, 2.45) is 11.7 Å². The van der Waals surface area contributed by atoms with Crippen LogP contribution in [0.5, 0.6) is 0 Å². The van der Waals surface area contributed by atoms with Crippen LogP contribution in [0.2, 0.25) is 0 Å². The molecule has 2 N–H and O–H groups in total. The number of non-ortho nitro benzene ring substituents is 1. The highest BCUT2D eigenvalue weighted by Gasteiger charge is 2.12. The van der Waals surface area contributed by atoms with E-state index in [1.165, 1.54) is 12.1 Å². The molecule has 15 heavy (non-hydrogen) atoms. The number of nitrogens with two attached hydrogens (primary N) is 1. The molecule has 0 fully saturated rings. The third-order valence-corrected chi connectivity index (χ3v) is 2.15. The van der Waals surface area contributed by atoms with Crippen molar-refractivity contribution >= 4 is 11.6 Å². The Morgan fingerprint density at radius 1 is 1.60 bits per heavy atom. The second-order valence-electron chi connectivity index (χ2n) is 3.43. The molecule has 0 heterocycles. The monoisotopic (exact) mass is 208 g/mol. The van der Waals surface area contributed by atoms with E-state index < -0.39 is 10.8 Å². The Morgan fingerprint density at radius 2 is 2.27 bits per heavy atom. The van der Waals surface area contributed by atoms with Crippen LogP contribution >= 0.6 is 0 Å². The molecule has 1 rings (SSSR count). The number of nitro groups is 1. The predicted molar refractivity (Wildman–Crippen MR) is 55.2 cm³/mol. The standard InChI is InChI=1S/C10H12N2O3/c1-7(10(11)13)5-8-3-2-4-9(6-8)12(14)15/h2-4,6-7H,5H2,1H3,(H2,11,13). The van der Waals surface area contributed by atoms with Gasteiger partial charge in [0.2, 0.25) is 5.91 Å². The maximum Gasteiger partial charge on any atom is 0.269 e. The van der Waals surface area contributed by atoms with Gasteiger partial charge in [0.1, 0.15) is 0 Å². The van der Waals surface area contributed by atoms with Crippen LogP contribution in [-0.2, 0) is 11.2 Å². The molecule has 0 aliphatic heterocycles. The average molecular weight is 208 g/mol. The van der Waals surface area contributed by atoms with E-state index in [9.17, 15) is 14.9 Å². The number of primary amides is 1. The maximum absolute atomic E-state index is 10.8. The fraction of sp³-hybridized carbons (Fsp3) is 0.300. The Balaban J connectivity index is 2.82. The van der Waals surface area contributed by atoms with E-state index in [0.29, 0.717) is 6.42 Å². The molecular formula is C10H12N2O3. The number of nitro benzene ring substituents is 1. The molecule has 0 radical (unpaired) electrons. The van der Waals surface area contributed by atoms with E-state index in [1.807, 2.05) is 0 Å². The molecule has 1 amide bonds. The van der Waals surface area contributed by atoms with Crippen molar-refractivity contribution in [3.63, 3.8) is 0 Å². The van der Waals surface area contributed by atoms with Gasteiger partial charge in [-0.2, -0.15) is 0 Å². The van der Waals surface area contributed by atoms with Gasteiger partial charge in [0.25, 0.3) is 5.69 Å². The predicted octanol–water partition coefficient (Wildman–Crippen LogP) is 1.26. The van der Waals surface area contributed by atoms with Crippen molar-refractivity contribution in [1.29, 1.82) is 0 Å². The van der Waals surface area contributed by atoms with E-state index in [-0.39, 0.29) is 11.6 Å². The summed E-state index contributed by atoms with van der Waals surface area (Å²) in [6.07, 6.45) is 0.428. The molecule has 80 valence electrons. The summed E-state index contributed by atoms with van der Waals surface area (Å²) in [7, 11) is 0. The first kappa shape index (κ1) is 11.2. The lowest BCUT2D eigenvalue weighted by molar-refractivity contribution is -0.384. The van der Waals surface area contributed by atoms with Crippen LogP contribution in [0.4, 0.5) is 5.69 Å². The Hall–Kier alpha value is -1.91. The van der Waals surface area contributed by atoms with Crippen LogP contribution < -0.4 is 5.73 Å². The van der Waals surface area contributed by atoms with Gasteiger partial charge in [-0.05, 0) is 12.0 Å². The number of hydrogen-bond acceptors (Lipinski definition) is 3. The summed E-state index contributed by atoms with van der Waals surface area (Å²) in [5.41, 5.74) is 5.89. The SMILES string of the molecule is CC(Cc1cccc([N+](=O)[O-])c1)C(N)=O. The highest BCUT2D eigenvalue weighted by molar-refractivity contribution is 5.76. The van der Waals surface area contributed by atoms with Crippen LogP contribution in [0.25, 0.3) is 0 Å². The number of amides is 1. The molecule has 5 nitrogen and oxygen atoms in total. The van der Waals surface area contributed by atoms with Crippen molar-refractivity contribution in [2.45, 2.75) is 13.3 Å². The molecule has 0 saturated heterocycles. The van der Waals surface area contributed by atoms with Crippen molar-refractivity contribution in [2.75, 3.05) is 0 Å². The number of hydrogen-bond donors (Lipinski definition) is 1. The lowest BCUT2D eigenvalue weighted by Gasteiger charge is -2.06. The second-order valence-corrected chi connectivity index (χ2v) is 3.43. The van der Waals surface area contributed by atoms with Crippen molar-refractivity contribution < 1.29 is 9.72 Å². The third kappa shape index (κ3) is 3.05. The first-order valence-corrected chi connectivity index (χ1v) is 4.53. The average Bonchev–Trinajstić information content (AvgIpc) is 2.18. The highest BCUT2D eigenvalue weighted by atomic mass is 16.6. The van der Waals surface area contributed by atoms with Crippen LogP contribution in [-0.4, -0.2) is 10.8 Å². The molecule has 1 atom stereocenters. The molecule has 0 saturated carbocycles. The third-order valence-electron chi connectivity index (χ3n) is 2.15. The molecule has 1 aromatic rings. The summed E-state index contributed by atoms with van der Waals surface area (Å²) in [5, 5.41) is 10.5. The van der Waals surface area contributed by atoms with Gasteiger partial charge in [0.05, 0.1) is 4.92 Å². The Bertz CT molecular complexity index is 390. The van der Waals surface area contributed by atoms with Gasteiger partial charge in [-0.15, -0.1) is 0 Å². The number of nitrogens with zero attached hydrogens (tertiary/aromatic N) is 1. The maximum atomic E-state index is 10.8. The fourth-order valence-corrected chi connectivity index (χ4v) is 1.25. The lowest BCUT2D eigenvalue weighted by Crippen LogP contribution is -2.22. The van der Waals surface area contributed by atoms with Crippen molar-refractivity contribution in [3.8, 4) is 0 Å². The molecule has 0 bridgehead atoms. The molecule has 0 aromatic heterocycles. The summed E-state index contributed by atoms with van der Waals surface area (Å²) in [6.45, 7) is 1.70. The zero-order valence-electron chi connectivity index (χ0n) is 8.34. The normalized spacial score (nSPS) is 12.1. The van der Waals surface area contributed by atoms with Gasteiger partial charge in [-0.1, -0.05) is 19.1 Å². The highest BCUT2D eigenvalue weighted by Crippen LogP contribution is 2.15. The molecule has 0 spiro atoms. The summed E-state index contributed by atoms with van der Waals surface area (Å²) in [6, 6.07) is 6.21. The lowest BCUT2D eigenvalue weighted by atomic mass is 10.0. The van der Waals surface area contributed by atoms with Gasteiger partial charge in [-0.3, -0.25) is 14.9 Å². The first-order chi connectivity index (χ1) is 7.00. The summed E-state index contributed by atoms with van der Waals surface area (Å²) in [5.74, 6) is -0.714. The summed E-state index contributed by atoms with van der Waals surface area (Å²) >= 11 is 0. The van der Waals surface area contributed by atoms with Crippen LogP contribution in [0, 0.1) is 16.0 Å². The number of carbonyl (C=O) groups excluding carboxylic acids is 1. The van der Waals surface area contributed by atoms with Crippen molar-refractivity contribution in [3.05, 3.63) is 39.9 Å². The number of carbonyl (C=O) groups is 1. The molecule has 1 unspecified atom stereocenters. The molecular weight excluding hydrogens is 196 g/mol. The molecule has 5 heteroatoms. The minimum atomic E-state index is -0.460. The number of benzene rings is 1. The Labute approximate surface area is 87.0 Å². The largest absolute Gasteiger partial charge is 0.369 e. The van der Waals surface area contributed by atoms with E-state index >= 15 is 0 Å². The topological polar surface area (TPSA) is 86.2 Å². The Kier molecular flexibility index (Phi) is 3.38. The molecule has 1 aromatic carbocycles. The molecule has 0 aliphatic carbocycles. The molecule has 0 aliphatic rings. The van der Waals surface area contributed by atoms with Crippen LogP contribution in [0.1, 0.15) is 12.5 Å². The second kappa shape index (κ2) is 4.54. The van der Waals surface area contributed by atoms with E-state index in [0.717, 1.165) is 5.56 Å². The minimum absolute atomic E-state index is 0.0316. The van der Waals surface area contributed by atoms with Gasteiger partial charge in [0, 0.05) is 18.1 Å². The first-order valence-electron chi connectivity index (χ1n) is 4.53. The minimum Gasteiger partial charge on any atom is -0.369 e. The van der Waals surface area contributed by atoms with E-state index in [1.54, 1.807) is 19.1 Å². The fourth-order valence-electron chi connectivity index (χ4n) is 1.25. The van der Waals surface area contributed by atoms with Crippen LogP contribution in [0.15, 0.2) is 24.3 Å². The van der Waals surface area contributed by atoms with Gasteiger partial charge in [0.15, 0.2) is 0 Å². The van der Waals surface area contributed by atoms with E-state index in [4.69, 9.17) is 5.73 Å². The van der Waals surface area contributed by atoms with E-state index in [2.05, 4.69) is 0 Å². The van der Waals surface area contributed by atoms with Gasteiger partial charge in [-0.25, -0.2) is 0 Å². The zero-order chi connectivity index (χ0) is 11.4. The Morgan fingerprint density at radius 3 is 2.80 bits per heavy atom. The smallest absolute Gasteiger partial charge is 0.269 e. The quantitative estimate of drug-likeness (QED) is 0.596. The summed E-state index contributed by atoms with van der Waals surface area (Å²) in [4.78, 5) is 20.8. The van der Waals surface area contributed by atoms with Gasteiger partial charge < -0.3 is 5.73 Å². The van der Waals surface area contributed by atoms with Gasteiger partial charge >= 0.3 is 0 Å². The zero-order valence-corrected chi connectivity index (χ0v) is 8.34. The van der Waals surface area contributed by atoms with Crippen molar-refractivity contribution in [1.82, 2.24) is 0 Å². The van der Waals surface area contributed by atoms with Crippen LogP contribution in [0.3, 0.4) is 0 Å².